The van der Waals surface area contributed by atoms with Gasteiger partial charge in [0.05, 0.1) is 16.7 Å². The summed E-state index contributed by atoms with van der Waals surface area (Å²) in [5.74, 6) is 1.39. The first-order valence-corrected chi connectivity index (χ1v) is 9.04. The van der Waals surface area contributed by atoms with E-state index in [1.807, 2.05) is 17.2 Å². The number of anilines is 1. The first kappa shape index (κ1) is 17.2. The summed E-state index contributed by atoms with van der Waals surface area (Å²) in [4.78, 5) is 21.1. The molecule has 130 valence electrons. The van der Waals surface area contributed by atoms with Crippen LogP contribution in [0.4, 0.5) is 5.82 Å². The number of nitrogens with two attached hydrogens (primary N) is 1. The summed E-state index contributed by atoms with van der Waals surface area (Å²) in [5, 5.41) is 4.20. The molecule has 2 aromatic heterocycles. The second-order valence-electron chi connectivity index (χ2n) is 6.59. The third-order valence-electron chi connectivity index (χ3n) is 4.27. The van der Waals surface area contributed by atoms with Crippen molar-refractivity contribution < 1.29 is 4.79 Å². The number of hydrogen-bond donors (Lipinski definition) is 1. The Hall–Kier alpha value is -1.67. The third kappa shape index (κ3) is 3.54. The lowest BCUT2D eigenvalue weighted by Crippen LogP contribution is -2.53. The Kier molecular flexibility index (Phi) is 5.05. The zero-order chi connectivity index (χ0) is 17.3. The van der Waals surface area contributed by atoms with Gasteiger partial charge in [0.25, 0.3) is 0 Å². The first-order chi connectivity index (χ1) is 11.5. The minimum atomic E-state index is -0.395. The molecule has 1 saturated heterocycles. The zero-order valence-corrected chi connectivity index (χ0v) is 15.6. The van der Waals surface area contributed by atoms with Crippen LogP contribution in [0.1, 0.15) is 20.3 Å². The predicted molar refractivity (Wildman–Crippen MR) is 96.9 cm³/mol. The molecule has 1 fully saturated rings. The van der Waals surface area contributed by atoms with Crippen molar-refractivity contribution in [3.63, 3.8) is 0 Å². The highest BCUT2D eigenvalue weighted by molar-refractivity contribution is 9.10. The Balaban J connectivity index is 1.63. The van der Waals surface area contributed by atoms with Crippen molar-refractivity contribution in [1.29, 1.82) is 0 Å². The Morgan fingerprint density at radius 1 is 1.33 bits per heavy atom. The van der Waals surface area contributed by atoms with E-state index in [1.54, 1.807) is 10.7 Å². The molecule has 1 atom stereocenters. The van der Waals surface area contributed by atoms with Crippen molar-refractivity contribution in [3.05, 3.63) is 22.9 Å². The number of carbonyl (C=O) groups excluding carboxylic acids is 1. The average molecular weight is 395 g/mol. The van der Waals surface area contributed by atoms with E-state index in [0.717, 1.165) is 35.4 Å². The molecule has 2 N–H and O–H groups in total. The molecule has 0 unspecified atom stereocenters. The van der Waals surface area contributed by atoms with E-state index in [9.17, 15) is 4.79 Å². The zero-order valence-electron chi connectivity index (χ0n) is 14.0. The van der Waals surface area contributed by atoms with Crippen LogP contribution in [-0.2, 0) is 4.79 Å². The highest BCUT2D eigenvalue weighted by Crippen LogP contribution is 2.20. The fourth-order valence-electron chi connectivity index (χ4n) is 3.01. The molecule has 24 heavy (non-hydrogen) atoms. The van der Waals surface area contributed by atoms with Gasteiger partial charge in [0.1, 0.15) is 5.82 Å². The molecule has 8 heteroatoms. The normalized spacial score (nSPS) is 16.9. The van der Waals surface area contributed by atoms with Crippen molar-refractivity contribution in [2.75, 3.05) is 31.1 Å². The maximum Gasteiger partial charge on any atom is 0.239 e. The predicted octanol–water partition coefficient (Wildman–Crippen LogP) is 1.51. The summed E-state index contributed by atoms with van der Waals surface area (Å²) in [6.45, 7) is 7.04. The fourth-order valence-corrected chi connectivity index (χ4v) is 3.37. The molecule has 0 aliphatic carbocycles. The summed E-state index contributed by atoms with van der Waals surface area (Å²) < 4.78 is 2.61. The highest BCUT2D eigenvalue weighted by Gasteiger charge is 2.26. The van der Waals surface area contributed by atoms with Gasteiger partial charge in [-0.3, -0.25) is 4.79 Å². The van der Waals surface area contributed by atoms with Crippen LogP contribution in [-0.4, -0.2) is 57.6 Å². The van der Waals surface area contributed by atoms with Crippen LogP contribution in [0.25, 0.3) is 5.65 Å². The molecule has 0 saturated carbocycles. The summed E-state index contributed by atoms with van der Waals surface area (Å²) in [7, 11) is 0. The van der Waals surface area contributed by atoms with E-state index >= 15 is 0 Å². The number of aromatic nitrogens is 3. The largest absolute Gasteiger partial charge is 0.353 e. The van der Waals surface area contributed by atoms with Crippen LogP contribution in [0, 0.1) is 5.92 Å². The van der Waals surface area contributed by atoms with Gasteiger partial charge in [-0.1, -0.05) is 13.8 Å². The van der Waals surface area contributed by atoms with Gasteiger partial charge in [-0.25, -0.2) is 9.50 Å². The lowest BCUT2D eigenvalue weighted by Gasteiger charge is -2.36. The summed E-state index contributed by atoms with van der Waals surface area (Å²) in [5.41, 5.74) is 6.83. The Morgan fingerprint density at radius 3 is 2.71 bits per heavy atom. The van der Waals surface area contributed by atoms with Crippen LogP contribution < -0.4 is 10.6 Å². The molecule has 0 spiro atoms. The van der Waals surface area contributed by atoms with Gasteiger partial charge in [-0.2, -0.15) is 5.10 Å². The quantitative estimate of drug-likeness (QED) is 0.849. The molecular weight excluding hydrogens is 372 g/mol. The number of carbonyl (C=O) groups is 1. The van der Waals surface area contributed by atoms with E-state index in [0.29, 0.717) is 19.0 Å². The Bertz CT molecular complexity index is 722. The molecule has 1 aliphatic rings. The lowest BCUT2D eigenvalue weighted by molar-refractivity contribution is -0.133. The molecule has 0 bridgehead atoms. The monoisotopic (exact) mass is 394 g/mol. The second kappa shape index (κ2) is 7.06. The fraction of sp³-hybridized carbons (Fsp3) is 0.562. The molecule has 3 heterocycles. The van der Waals surface area contributed by atoms with E-state index in [-0.39, 0.29) is 5.91 Å². The minimum absolute atomic E-state index is 0.0605. The van der Waals surface area contributed by atoms with E-state index in [4.69, 9.17) is 5.73 Å². The molecule has 3 rings (SSSR count). The highest BCUT2D eigenvalue weighted by atomic mass is 79.9. The van der Waals surface area contributed by atoms with Gasteiger partial charge >= 0.3 is 0 Å². The van der Waals surface area contributed by atoms with E-state index in [1.165, 1.54) is 0 Å². The molecular formula is C16H23BrN6O. The van der Waals surface area contributed by atoms with Crippen molar-refractivity contribution in [1.82, 2.24) is 19.5 Å². The molecule has 1 amide bonds. The molecule has 0 radical (unpaired) electrons. The van der Waals surface area contributed by atoms with E-state index in [2.05, 4.69) is 44.8 Å². The van der Waals surface area contributed by atoms with Crippen LogP contribution in [0.5, 0.6) is 0 Å². The maximum atomic E-state index is 12.4. The van der Waals surface area contributed by atoms with Crippen LogP contribution >= 0.6 is 15.9 Å². The second-order valence-corrected chi connectivity index (χ2v) is 7.45. The summed E-state index contributed by atoms with van der Waals surface area (Å²) >= 11 is 3.46. The Morgan fingerprint density at radius 2 is 2.04 bits per heavy atom. The van der Waals surface area contributed by atoms with Crippen molar-refractivity contribution >= 4 is 33.3 Å². The Labute approximate surface area is 149 Å². The van der Waals surface area contributed by atoms with Crippen molar-refractivity contribution in [2.24, 2.45) is 11.7 Å². The van der Waals surface area contributed by atoms with Crippen LogP contribution in [0.2, 0.25) is 0 Å². The van der Waals surface area contributed by atoms with Gasteiger partial charge in [0.2, 0.25) is 5.91 Å². The number of halogens is 1. The third-order valence-corrected chi connectivity index (χ3v) is 4.83. The number of piperazine rings is 1. The average Bonchev–Trinajstić information content (AvgIpc) is 2.94. The van der Waals surface area contributed by atoms with Gasteiger partial charge in [-0.05, 0) is 34.3 Å². The SMILES string of the molecule is CC(C)C[C@H](N)C(=O)N1CCN(c2ccn3ncc(Br)c3n2)CC1. The molecule has 0 aromatic carbocycles. The van der Waals surface area contributed by atoms with Gasteiger partial charge < -0.3 is 15.5 Å². The number of amides is 1. The standard InChI is InChI=1S/C16H23BrN6O/c1-11(2)9-13(18)16(24)22-7-5-21(6-8-22)14-3-4-23-15(20-14)12(17)10-19-23/h3-4,10-11,13H,5-9,18H2,1-2H3/t13-/m0/s1. The number of nitrogens with zero attached hydrogens (tertiary/aromatic N) is 5. The topological polar surface area (TPSA) is 79.8 Å². The number of hydrogen-bond acceptors (Lipinski definition) is 5. The van der Waals surface area contributed by atoms with Crippen molar-refractivity contribution in [2.45, 2.75) is 26.3 Å². The molecule has 1 aliphatic heterocycles. The van der Waals surface area contributed by atoms with Gasteiger partial charge in [0.15, 0.2) is 5.65 Å². The van der Waals surface area contributed by atoms with E-state index < -0.39 is 6.04 Å². The smallest absolute Gasteiger partial charge is 0.239 e. The summed E-state index contributed by atoms with van der Waals surface area (Å²) in [6.07, 6.45) is 4.36. The number of fused-ring (bicyclic) bond motifs is 1. The van der Waals surface area contributed by atoms with Crippen molar-refractivity contribution in [3.8, 4) is 0 Å². The maximum absolute atomic E-state index is 12.4. The van der Waals surface area contributed by atoms with Gasteiger partial charge in [-0.15, -0.1) is 0 Å². The molecule has 2 aromatic rings. The van der Waals surface area contributed by atoms with Gasteiger partial charge in [0, 0.05) is 32.4 Å². The van der Waals surface area contributed by atoms with Crippen LogP contribution in [0.3, 0.4) is 0 Å². The lowest BCUT2D eigenvalue weighted by atomic mass is 10.0. The van der Waals surface area contributed by atoms with Crippen LogP contribution in [0.15, 0.2) is 22.9 Å². The minimum Gasteiger partial charge on any atom is -0.353 e. The molecule has 7 nitrogen and oxygen atoms in total. The first-order valence-electron chi connectivity index (χ1n) is 8.25. The summed E-state index contributed by atoms with van der Waals surface area (Å²) in [6, 6.07) is 1.56. The number of rotatable bonds is 4.